The van der Waals surface area contributed by atoms with Crippen molar-refractivity contribution in [1.82, 2.24) is 0 Å². The lowest BCUT2D eigenvalue weighted by molar-refractivity contribution is -0.385. The number of nitrogens with one attached hydrogen (secondary N) is 1. The van der Waals surface area contributed by atoms with E-state index in [0.29, 0.717) is 23.5 Å². The number of hydrogen-bond acceptors (Lipinski definition) is 5. The summed E-state index contributed by atoms with van der Waals surface area (Å²) in [7, 11) is 0. The molecule has 3 aromatic rings. The maximum atomic E-state index is 12.6. The van der Waals surface area contributed by atoms with Gasteiger partial charge in [-0.05, 0) is 53.8 Å². The molecular weight excluding hydrogens is 414 g/mol. The summed E-state index contributed by atoms with van der Waals surface area (Å²) in [4.78, 5) is 38.2. The molecule has 0 aliphatic carbocycles. The summed E-state index contributed by atoms with van der Waals surface area (Å²) < 4.78 is 0. The van der Waals surface area contributed by atoms with Crippen molar-refractivity contribution in [2.75, 3.05) is 16.8 Å². The summed E-state index contributed by atoms with van der Waals surface area (Å²) in [6.45, 7) is 0.559. The maximum Gasteiger partial charge on any atom is 0.282 e. The zero-order valence-corrected chi connectivity index (χ0v) is 16.5. The number of nitro benzene ring substituents is 1. The molecular formula is C20H14ClN3O4S. The summed E-state index contributed by atoms with van der Waals surface area (Å²) in [5, 5.41) is 16.0. The van der Waals surface area contributed by atoms with Crippen LogP contribution in [0.15, 0.2) is 53.9 Å². The Morgan fingerprint density at radius 2 is 2.00 bits per heavy atom. The molecule has 2 amide bonds. The lowest BCUT2D eigenvalue weighted by Crippen LogP contribution is -2.28. The first-order chi connectivity index (χ1) is 13.9. The minimum atomic E-state index is -0.623. The van der Waals surface area contributed by atoms with Crippen molar-refractivity contribution in [3.63, 3.8) is 0 Å². The number of rotatable bonds is 4. The van der Waals surface area contributed by atoms with Gasteiger partial charge in [-0.15, -0.1) is 11.3 Å². The number of benzene rings is 2. The lowest BCUT2D eigenvalue weighted by atomic mass is 10.1. The van der Waals surface area contributed by atoms with Crippen LogP contribution < -0.4 is 10.2 Å². The van der Waals surface area contributed by atoms with E-state index in [1.165, 1.54) is 29.5 Å². The highest BCUT2D eigenvalue weighted by Crippen LogP contribution is 2.33. The molecule has 7 nitrogen and oxygen atoms in total. The van der Waals surface area contributed by atoms with E-state index in [-0.39, 0.29) is 22.2 Å². The topological polar surface area (TPSA) is 92.6 Å². The number of halogens is 1. The molecule has 9 heteroatoms. The predicted octanol–water partition coefficient (Wildman–Crippen LogP) is 4.76. The minimum Gasteiger partial charge on any atom is -0.322 e. The quantitative estimate of drug-likeness (QED) is 0.479. The van der Waals surface area contributed by atoms with Crippen molar-refractivity contribution >= 4 is 51.8 Å². The van der Waals surface area contributed by atoms with Crippen molar-refractivity contribution in [2.24, 2.45) is 0 Å². The lowest BCUT2D eigenvalue weighted by Gasteiger charge is -2.16. The molecule has 4 rings (SSSR count). The zero-order valence-electron chi connectivity index (χ0n) is 14.9. The van der Waals surface area contributed by atoms with Crippen molar-refractivity contribution in [1.29, 1.82) is 0 Å². The number of nitro groups is 1. The van der Waals surface area contributed by atoms with Gasteiger partial charge in [-0.2, -0.15) is 0 Å². The Morgan fingerprint density at radius 1 is 1.17 bits per heavy atom. The van der Waals surface area contributed by atoms with Gasteiger partial charge in [-0.1, -0.05) is 17.7 Å². The Balaban J connectivity index is 1.57. The fraction of sp³-hybridized carbons (Fsp3) is 0.100. The third-order valence-corrected chi connectivity index (χ3v) is 5.70. The molecule has 1 aromatic heterocycles. The van der Waals surface area contributed by atoms with Gasteiger partial charge in [-0.25, -0.2) is 0 Å². The summed E-state index contributed by atoms with van der Waals surface area (Å²) in [5.41, 5.74) is 1.79. The number of amides is 2. The molecule has 0 spiro atoms. The number of carbonyl (C=O) groups excluding carboxylic acids is 2. The average Bonchev–Trinajstić information content (AvgIpc) is 3.37. The number of carbonyl (C=O) groups is 2. The van der Waals surface area contributed by atoms with Crippen LogP contribution in [-0.4, -0.2) is 23.3 Å². The highest BCUT2D eigenvalue weighted by atomic mass is 35.5. The Hall–Kier alpha value is -3.23. The minimum absolute atomic E-state index is 0.0508. The van der Waals surface area contributed by atoms with Gasteiger partial charge in [0.1, 0.15) is 5.56 Å². The van der Waals surface area contributed by atoms with Crippen LogP contribution in [0, 0.1) is 10.1 Å². The van der Waals surface area contributed by atoms with Crippen molar-refractivity contribution in [3.8, 4) is 0 Å². The Labute approximate surface area is 174 Å². The van der Waals surface area contributed by atoms with Gasteiger partial charge >= 0.3 is 0 Å². The third-order valence-electron chi connectivity index (χ3n) is 4.61. The molecule has 2 heterocycles. The van der Waals surface area contributed by atoms with Gasteiger partial charge in [0.15, 0.2) is 0 Å². The number of thiophene rings is 1. The third kappa shape index (κ3) is 3.72. The first kappa shape index (κ1) is 19.1. The van der Waals surface area contributed by atoms with Crippen molar-refractivity contribution < 1.29 is 14.5 Å². The van der Waals surface area contributed by atoms with E-state index >= 15 is 0 Å². The van der Waals surface area contributed by atoms with Gasteiger partial charge in [0, 0.05) is 29.0 Å². The first-order valence-corrected chi connectivity index (χ1v) is 9.93. The zero-order chi connectivity index (χ0) is 20.5. The molecule has 1 N–H and O–H groups in total. The second kappa shape index (κ2) is 7.65. The van der Waals surface area contributed by atoms with Crippen LogP contribution >= 0.6 is 22.9 Å². The van der Waals surface area contributed by atoms with Crippen molar-refractivity contribution in [3.05, 3.63) is 85.1 Å². The van der Waals surface area contributed by atoms with Gasteiger partial charge in [0.25, 0.3) is 17.5 Å². The largest absolute Gasteiger partial charge is 0.322 e. The predicted molar refractivity (Wildman–Crippen MR) is 112 cm³/mol. The molecule has 0 unspecified atom stereocenters. The maximum absolute atomic E-state index is 12.6. The molecule has 0 atom stereocenters. The summed E-state index contributed by atoms with van der Waals surface area (Å²) in [5.74, 6) is -0.672. The highest BCUT2D eigenvalue weighted by molar-refractivity contribution is 7.12. The molecule has 0 fully saturated rings. The monoisotopic (exact) mass is 427 g/mol. The van der Waals surface area contributed by atoms with E-state index in [1.54, 1.807) is 29.2 Å². The summed E-state index contributed by atoms with van der Waals surface area (Å²) >= 11 is 7.29. The number of fused-ring (bicyclic) bond motifs is 1. The Bertz CT molecular complexity index is 1130. The molecule has 0 saturated heterocycles. The van der Waals surface area contributed by atoms with E-state index in [9.17, 15) is 19.7 Å². The second-order valence-corrected chi connectivity index (χ2v) is 7.78. The van der Waals surface area contributed by atoms with E-state index < -0.39 is 10.8 Å². The van der Waals surface area contributed by atoms with Gasteiger partial charge in [0.2, 0.25) is 0 Å². The smallest absolute Gasteiger partial charge is 0.282 e. The van der Waals surface area contributed by atoms with Crippen LogP contribution in [0.2, 0.25) is 5.02 Å². The van der Waals surface area contributed by atoms with Crippen LogP contribution in [0.3, 0.4) is 0 Å². The van der Waals surface area contributed by atoms with Crippen LogP contribution in [0.25, 0.3) is 0 Å². The molecule has 1 aliphatic heterocycles. The number of anilines is 2. The van der Waals surface area contributed by atoms with Gasteiger partial charge < -0.3 is 10.2 Å². The SMILES string of the molecule is O=C(Nc1ccc2c(c1)CCN2C(=O)c1cccs1)c1cc(Cl)ccc1[N+](=O)[O-]. The van der Waals surface area contributed by atoms with Crippen LogP contribution in [0.1, 0.15) is 25.6 Å². The van der Waals surface area contributed by atoms with Gasteiger partial charge in [0.05, 0.1) is 9.80 Å². The molecule has 0 bridgehead atoms. The number of hydrogen-bond donors (Lipinski definition) is 1. The molecule has 0 saturated carbocycles. The van der Waals surface area contributed by atoms with E-state index in [2.05, 4.69) is 5.32 Å². The second-order valence-electron chi connectivity index (χ2n) is 6.40. The van der Waals surface area contributed by atoms with Gasteiger partial charge in [-0.3, -0.25) is 19.7 Å². The Kier molecular flexibility index (Phi) is 5.04. The van der Waals surface area contributed by atoms with Crippen LogP contribution in [0.5, 0.6) is 0 Å². The first-order valence-electron chi connectivity index (χ1n) is 8.67. The van der Waals surface area contributed by atoms with Crippen LogP contribution in [-0.2, 0) is 6.42 Å². The highest BCUT2D eigenvalue weighted by Gasteiger charge is 2.27. The van der Waals surface area contributed by atoms with E-state index in [4.69, 9.17) is 11.6 Å². The normalized spacial score (nSPS) is 12.5. The summed E-state index contributed by atoms with van der Waals surface area (Å²) in [6.07, 6.45) is 0.660. The Morgan fingerprint density at radius 3 is 2.72 bits per heavy atom. The molecule has 1 aliphatic rings. The molecule has 2 aromatic carbocycles. The molecule has 29 heavy (non-hydrogen) atoms. The average molecular weight is 428 g/mol. The van der Waals surface area contributed by atoms with E-state index in [0.717, 1.165) is 11.3 Å². The standard InChI is InChI=1S/C20H14ClN3O4S/c21-13-3-5-17(24(27)28)15(11-13)19(25)22-14-4-6-16-12(10-14)7-8-23(16)20(26)18-2-1-9-29-18/h1-6,9-11H,7-8H2,(H,22,25). The van der Waals surface area contributed by atoms with E-state index in [1.807, 2.05) is 11.4 Å². The van der Waals surface area contributed by atoms with Crippen molar-refractivity contribution in [2.45, 2.75) is 6.42 Å². The number of nitrogens with zero attached hydrogens (tertiary/aromatic N) is 2. The molecule has 146 valence electrons. The fourth-order valence-corrected chi connectivity index (χ4v) is 4.12. The summed E-state index contributed by atoms with van der Waals surface area (Å²) in [6, 6.07) is 12.7. The molecule has 0 radical (unpaired) electrons. The fourth-order valence-electron chi connectivity index (χ4n) is 3.27. The van der Waals surface area contributed by atoms with Crippen LogP contribution in [0.4, 0.5) is 17.1 Å².